The Balaban J connectivity index is 1.46. The van der Waals surface area contributed by atoms with Gasteiger partial charge in [0.05, 0.1) is 30.7 Å². The van der Waals surface area contributed by atoms with Gasteiger partial charge in [0.1, 0.15) is 10.8 Å². The van der Waals surface area contributed by atoms with Crippen molar-refractivity contribution in [1.29, 1.82) is 0 Å². The van der Waals surface area contributed by atoms with Gasteiger partial charge in [-0.1, -0.05) is 18.7 Å². The smallest absolute Gasteiger partial charge is 0.341 e. The van der Waals surface area contributed by atoms with E-state index in [9.17, 15) is 9.59 Å². The van der Waals surface area contributed by atoms with E-state index < -0.39 is 5.97 Å². The van der Waals surface area contributed by atoms with Gasteiger partial charge in [-0.25, -0.2) is 4.79 Å². The number of amides is 1. The average molecular weight is 490 g/mol. The van der Waals surface area contributed by atoms with Gasteiger partial charge >= 0.3 is 5.97 Å². The van der Waals surface area contributed by atoms with Gasteiger partial charge in [0.2, 0.25) is 11.9 Å². The van der Waals surface area contributed by atoms with Crippen LogP contribution in [0.3, 0.4) is 0 Å². The molecule has 0 saturated carbocycles. The normalized spacial score (nSPS) is 13.5. The molecule has 0 spiro atoms. The van der Waals surface area contributed by atoms with Crippen LogP contribution >= 0.6 is 23.1 Å². The molecule has 0 bridgehead atoms. The first-order valence-electron chi connectivity index (χ1n) is 11.0. The molecule has 0 atom stereocenters. The summed E-state index contributed by atoms with van der Waals surface area (Å²) in [5.74, 6) is 1.08. The maximum Gasteiger partial charge on any atom is 0.341 e. The lowest BCUT2D eigenvalue weighted by atomic mass is 10.2. The number of thiophene rings is 1. The fourth-order valence-corrected chi connectivity index (χ4v) is 5.33. The van der Waals surface area contributed by atoms with E-state index in [-0.39, 0.29) is 18.3 Å². The standard InChI is InChI=1S/C22H27N5O4S2/c1-3-16-12-17(20(29)30-4-2)19(33-16)23-18(28)14-32-22-25-24-21(26-9-5-6-10-26)27(22)13-15-8-7-11-31-15/h7-8,11-12H,3-6,9-10,13-14H2,1-2H3,(H,23,28). The predicted octanol–water partition coefficient (Wildman–Crippen LogP) is 4.05. The van der Waals surface area contributed by atoms with E-state index in [4.69, 9.17) is 9.15 Å². The summed E-state index contributed by atoms with van der Waals surface area (Å²) in [6.45, 7) is 6.42. The van der Waals surface area contributed by atoms with Gasteiger partial charge in [0, 0.05) is 18.0 Å². The Hall–Kier alpha value is -2.79. The minimum Gasteiger partial charge on any atom is -0.467 e. The summed E-state index contributed by atoms with van der Waals surface area (Å²) in [4.78, 5) is 28.2. The molecular formula is C22H27N5O4S2. The average Bonchev–Trinajstić information content (AvgIpc) is 3.60. The molecule has 0 aromatic carbocycles. The van der Waals surface area contributed by atoms with E-state index in [1.54, 1.807) is 19.3 Å². The second-order valence-corrected chi connectivity index (χ2v) is 9.59. The van der Waals surface area contributed by atoms with Crippen LogP contribution in [0.5, 0.6) is 0 Å². The zero-order valence-electron chi connectivity index (χ0n) is 18.7. The minimum absolute atomic E-state index is 0.137. The molecule has 3 aromatic heterocycles. The number of nitrogens with zero attached hydrogens (tertiary/aromatic N) is 4. The number of aryl methyl sites for hydroxylation is 1. The lowest BCUT2D eigenvalue weighted by molar-refractivity contribution is -0.113. The van der Waals surface area contributed by atoms with Crippen LogP contribution in [-0.4, -0.2) is 52.1 Å². The second-order valence-electron chi connectivity index (χ2n) is 7.51. The number of hydrogen-bond donors (Lipinski definition) is 1. The van der Waals surface area contributed by atoms with Crippen molar-refractivity contribution in [3.63, 3.8) is 0 Å². The summed E-state index contributed by atoms with van der Waals surface area (Å²) in [5, 5.41) is 12.8. The molecule has 0 radical (unpaired) electrons. The van der Waals surface area contributed by atoms with E-state index in [0.717, 1.165) is 48.9 Å². The lowest BCUT2D eigenvalue weighted by Gasteiger charge is -2.17. The third-order valence-electron chi connectivity index (χ3n) is 5.19. The van der Waals surface area contributed by atoms with Crippen LogP contribution in [0, 0.1) is 0 Å². The molecule has 11 heteroatoms. The van der Waals surface area contributed by atoms with Crippen LogP contribution in [0.25, 0.3) is 0 Å². The van der Waals surface area contributed by atoms with E-state index in [0.29, 0.717) is 22.3 Å². The molecule has 176 valence electrons. The fraction of sp³-hybridized carbons (Fsp3) is 0.455. The number of anilines is 2. The van der Waals surface area contributed by atoms with Gasteiger partial charge in [0.25, 0.3) is 0 Å². The molecule has 1 fully saturated rings. The molecule has 1 aliphatic heterocycles. The van der Waals surface area contributed by atoms with Crippen molar-refractivity contribution >= 4 is 45.9 Å². The van der Waals surface area contributed by atoms with E-state index in [1.165, 1.54) is 23.1 Å². The highest BCUT2D eigenvalue weighted by molar-refractivity contribution is 7.99. The first-order valence-corrected chi connectivity index (χ1v) is 12.8. The summed E-state index contributed by atoms with van der Waals surface area (Å²) < 4.78 is 12.6. The van der Waals surface area contributed by atoms with Gasteiger partial charge in [-0.2, -0.15) is 0 Å². The van der Waals surface area contributed by atoms with E-state index in [1.807, 2.05) is 23.6 Å². The monoisotopic (exact) mass is 489 g/mol. The molecule has 1 aliphatic rings. The first-order chi connectivity index (χ1) is 16.1. The number of carbonyl (C=O) groups is 2. The Morgan fingerprint density at radius 1 is 1.27 bits per heavy atom. The predicted molar refractivity (Wildman–Crippen MR) is 128 cm³/mol. The highest BCUT2D eigenvalue weighted by Crippen LogP contribution is 2.30. The van der Waals surface area contributed by atoms with Crippen molar-refractivity contribution in [1.82, 2.24) is 14.8 Å². The van der Waals surface area contributed by atoms with Crippen molar-refractivity contribution in [2.45, 2.75) is 44.8 Å². The zero-order valence-corrected chi connectivity index (χ0v) is 20.3. The van der Waals surface area contributed by atoms with Gasteiger partial charge < -0.3 is 19.4 Å². The summed E-state index contributed by atoms with van der Waals surface area (Å²) in [7, 11) is 0. The molecule has 1 saturated heterocycles. The van der Waals surface area contributed by atoms with Crippen molar-refractivity contribution in [3.8, 4) is 0 Å². The van der Waals surface area contributed by atoms with Crippen molar-refractivity contribution in [2.24, 2.45) is 0 Å². The largest absolute Gasteiger partial charge is 0.467 e. The van der Waals surface area contributed by atoms with Crippen molar-refractivity contribution in [3.05, 3.63) is 40.7 Å². The molecule has 1 N–H and O–H groups in total. The molecule has 0 unspecified atom stereocenters. The molecular weight excluding hydrogens is 462 g/mol. The third-order valence-corrected chi connectivity index (χ3v) is 7.35. The number of rotatable bonds is 10. The topological polar surface area (TPSA) is 102 Å². The number of hydrogen-bond acceptors (Lipinski definition) is 9. The Kier molecular flexibility index (Phi) is 7.71. The third kappa shape index (κ3) is 5.59. The quantitative estimate of drug-likeness (QED) is 0.336. The number of esters is 1. The van der Waals surface area contributed by atoms with Crippen LogP contribution in [0.2, 0.25) is 0 Å². The number of aromatic nitrogens is 3. The fourth-order valence-electron chi connectivity index (χ4n) is 3.60. The van der Waals surface area contributed by atoms with Crippen LogP contribution in [0.4, 0.5) is 10.9 Å². The van der Waals surface area contributed by atoms with Crippen LogP contribution in [0.1, 0.15) is 47.7 Å². The van der Waals surface area contributed by atoms with Crippen molar-refractivity contribution < 1.29 is 18.7 Å². The highest BCUT2D eigenvalue weighted by atomic mass is 32.2. The Morgan fingerprint density at radius 2 is 2.09 bits per heavy atom. The van der Waals surface area contributed by atoms with Crippen LogP contribution in [-0.2, 0) is 22.5 Å². The second kappa shape index (κ2) is 10.9. The van der Waals surface area contributed by atoms with Crippen LogP contribution < -0.4 is 10.2 Å². The number of ether oxygens (including phenoxy) is 1. The highest BCUT2D eigenvalue weighted by Gasteiger charge is 2.23. The summed E-state index contributed by atoms with van der Waals surface area (Å²) in [6.07, 6.45) is 4.67. The van der Waals surface area contributed by atoms with Crippen molar-refractivity contribution in [2.75, 3.05) is 35.7 Å². The summed E-state index contributed by atoms with van der Waals surface area (Å²) in [5.41, 5.74) is 0.398. The van der Waals surface area contributed by atoms with E-state index in [2.05, 4.69) is 20.4 Å². The van der Waals surface area contributed by atoms with Gasteiger partial charge in [-0.05, 0) is 44.4 Å². The summed E-state index contributed by atoms with van der Waals surface area (Å²) >= 11 is 2.71. The first kappa shape index (κ1) is 23.4. The van der Waals surface area contributed by atoms with Gasteiger partial charge in [0.15, 0.2) is 5.16 Å². The molecule has 3 aromatic rings. The zero-order chi connectivity index (χ0) is 23.2. The molecule has 4 rings (SSSR count). The summed E-state index contributed by atoms with van der Waals surface area (Å²) in [6, 6.07) is 5.55. The molecule has 33 heavy (non-hydrogen) atoms. The van der Waals surface area contributed by atoms with E-state index >= 15 is 0 Å². The minimum atomic E-state index is -0.426. The molecule has 0 aliphatic carbocycles. The number of thioether (sulfide) groups is 1. The Bertz CT molecular complexity index is 1090. The lowest BCUT2D eigenvalue weighted by Crippen LogP contribution is -2.23. The molecule has 1 amide bonds. The van der Waals surface area contributed by atoms with Gasteiger partial charge in [-0.3, -0.25) is 9.36 Å². The molecule has 9 nitrogen and oxygen atoms in total. The number of carbonyl (C=O) groups excluding carboxylic acids is 2. The van der Waals surface area contributed by atoms with Gasteiger partial charge in [-0.15, -0.1) is 21.5 Å². The number of furan rings is 1. The maximum atomic E-state index is 12.7. The Morgan fingerprint density at radius 3 is 2.79 bits per heavy atom. The molecule has 4 heterocycles. The number of nitrogens with one attached hydrogen (secondary N) is 1. The SMILES string of the molecule is CCOC(=O)c1cc(CC)sc1NC(=O)CSc1nnc(N2CCCC2)n1Cc1ccco1. The Labute approximate surface area is 200 Å². The maximum absolute atomic E-state index is 12.7. The van der Waals surface area contributed by atoms with Crippen LogP contribution in [0.15, 0.2) is 34.0 Å².